The van der Waals surface area contributed by atoms with Gasteiger partial charge in [0.15, 0.2) is 5.69 Å². The van der Waals surface area contributed by atoms with Crippen LogP contribution in [0.4, 0.5) is 4.39 Å². The summed E-state index contributed by atoms with van der Waals surface area (Å²) in [5.74, 6) is -0.485. The van der Waals surface area contributed by atoms with Crippen LogP contribution >= 0.6 is 11.6 Å². The predicted octanol–water partition coefficient (Wildman–Crippen LogP) is 3.78. The maximum absolute atomic E-state index is 13.2. The van der Waals surface area contributed by atoms with Crippen molar-refractivity contribution in [2.24, 2.45) is 0 Å². The summed E-state index contributed by atoms with van der Waals surface area (Å²) >= 11 is 5.75. The fraction of sp³-hybridized carbons (Fsp3) is 0.286. The summed E-state index contributed by atoms with van der Waals surface area (Å²) in [6, 6.07) is 4.26. The van der Waals surface area contributed by atoms with Gasteiger partial charge in [0.1, 0.15) is 11.6 Å². The van der Waals surface area contributed by atoms with Crippen molar-refractivity contribution in [3.05, 3.63) is 40.4 Å². The maximum atomic E-state index is 13.2. The Bertz CT molecular complexity index is 653. The zero-order chi connectivity index (χ0) is 14.9. The van der Waals surface area contributed by atoms with E-state index in [0.29, 0.717) is 17.1 Å². The lowest BCUT2D eigenvalue weighted by molar-refractivity contribution is 0.0593. The second-order valence-electron chi connectivity index (χ2n) is 4.62. The molecule has 20 heavy (non-hydrogen) atoms. The average molecular weight is 297 g/mol. The van der Waals surface area contributed by atoms with E-state index in [2.05, 4.69) is 9.97 Å². The third-order valence-electron chi connectivity index (χ3n) is 2.88. The van der Waals surface area contributed by atoms with Crippen LogP contribution in [-0.2, 0) is 4.74 Å². The van der Waals surface area contributed by atoms with Gasteiger partial charge in [-0.3, -0.25) is 0 Å². The molecule has 0 saturated carbocycles. The molecule has 1 N–H and O–H groups in total. The molecule has 0 spiro atoms. The van der Waals surface area contributed by atoms with Crippen LogP contribution in [0.1, 0.15) is 35.9 Å². The van der Waals surface area contributed by atoms with Crippen molar-refractivity contribution < 1.29 is 13.9 Å². The van der Waals surface area contributed by atoms with E-state index in [4.69, 9.17) is 16.3 Å². The number of aromatic amines is 1. The molecule has 1 aromatic heterocycles. The van der Waals surface area contributed by atoms with Crippen LogP contribution in [0.15, 0.2) is 18.2 Å². The van der Waals surface area contributed by atoms with Gasteiger partial charge in [-0.05, 0) is 24.1 Å². The van der Waals surface area contributed by atoms with E-state index >= 15 is 0 Å². The number of hydrogen-bond acceptors (Lipinski definition) is 3. The molecule has 0 unspecified atom stereocenters. The zero-order valence-corrected chi connectivity index (χ0v) is 12.1. The summed E-state index contributed by atoms with van der Waals surface area (Å²) in [6.07, 6.45) is 0. The number of carbonyl (C=O) groups is 1. The molecule has 106 valence electrons. The fourth-order valence-corrected chi connectivity index (χ4v) is 2.02. The first kappa shape index (κ1) is 14.5. The molecule has 2 rings (SSSR count). The van der Waals surface area contributed by atoms with Crippen LogP contribution in [0, 0.1) is 5.82 Å². The van der Waals surface area contributed by atoms with E-state index in [0.717, 1.165) is 0 Å². The molecule has 0 aliphatic carbocycles. The number of ether oxygens (including phenoxy) is 1. The number of esters is 1. The Hall–Kier alpha value is -1.88. The average Bonchev–Trinajstić information content (AvgIpc) is 2.86. The summed E-state index contributed by atoms with van der Waals surface area (Å²) in [5.41, 5.74) is 1.51. The number of hydrogen-bond donors (Lipinski definition) is 1. The molecule has 0 aliphatic rings. The number of benzene rings is 1. The van der Waals surface area contributed by atoms with Crippen molar-refractivity contribution in [2.75, 3.05) is 7.11 Å². The molecule has 0 radical (unpaired) electrons. The zero-order valence-electron chi connectivity index (χ0n) is 11.3. The Morgan fingerprint density at radius 3 is 2.70 bits per heavy atom. The minimum Gasteiger partial charge on any atom is -0.464 e. The van der Waals surface area contributed by atoms with Crippen molar-refractivity contribution in [1.29, 1.82) is 0 Å². The first-order chi connectivity index (χ1) is 9.43. The molecular formula is C14H14ClFN2O2. The highest BCUT2D eigenvalue weighted by atomic mass is 35.5. The summed E-state index contributed by atoms with van der Waals surface area (Å²) in [4.78, 5) is 19.0. The van der Waals surface area contributed by atoms with Gasteiger partial charge in [0, 0.05) is 5.56 Å². The topological polar surface area (TPSA) is 55.0 Å². The lowest BCUT2D eigenvalue weighted by atomic mass is 10.1. The number of aromatic nitrogens is 2. The first-order valence-electron chi connectivity index (χ1n) is 6.07. The van der Waals surface area contributed by atoms with Gasteiger partial charge >= 0.3 is 5.97 Å². The van der Waals surface area contributed by atoms with Crippen LogP contribution in [-0.4, -0.2) is 23.0 Å². The standard InChI is InChI=1S/C14H14ClFN2O2/c1-7(2)11-12(14(19)20-3)18-13(17-11)8-4-5-10(16)9(15)6-8/h4-7H,1-3H3,(H,17,18). The number of nitrogens with zero attached hydrogens (tertiary/aromatic N) is 1. The van der Waals surface area contributed by atoms with Crippen LogP contribution in [0.5, 0.6) is 0 Å². The van der Waals surface area contributed by atoms with Gasteiger partial charge in [-0.2, -0.15) is 0 Å². The quantitative estimate of drug-likeness (QED) is 0.877. The van der Waals surface area contributed by atoms with Crippen molar-refractivity contribution in [3.8, 4) is 11.4 Å². The van der Waals surface area contributed by atoms with Crippen LogP contribution in [0.2, 0.25) is 5.02 Å². The molecule has 0 fully saturated rings. The van der Waals surface area contributed by atoms with Crippen LogP contribution < -0.4 is 0 Å². The summed E-state index contributed by atoms with van der Waals surface area (Å²) in [7, 11) is 1.30. The summed E-state index contributed by atoms with van der Waals surface area (Å²) in [5, 5.41) is 0.00427. The molecule has 1 heterocycles. The number of nitrogens with one attached hydrogen (secondary N) is 1. The Balaban J connectivity index is 2.52. The lowest BCUT2D eigenvalue weighted by Crippen LogP contribution is -2.06. The number of carbonyl (C=O) groups excluding carboxylic acids is 1. The minimum absolute atomic E-state index is 0.00427. The molecule has 0 amide bonds. The van der Waals surface area contributed by atoms with E-state index in [9.17, 15) is 9.18 Å². The highest BCUT2D eigenvalue weighted by molar-refractivity contribution is 6.31. The van der Waals surface area contributed by atoms with Crippen molar-refractivity contribution in [3.63, 3.8) is 0 Å². The summed E-state index contributed by atoms with van der Waals surface area (Å²) in [6.45, 7) is 3.86. The molecule has 0 aliphatic heterocycles. The van der Waals surface area contributed by atoms with E-state index in [1.807, 2.05) is 13.8 Å². The Morgan fingerprint density at radius 2 is 2.15 bits per heavy atom. The first-order valence-corrected chi connectivity index (χ1v) is 6.45. The Labute approximate surface area is 120 Å². The molecule has 0 atom stereocenters. The SMILES string of the molecule is COC(=O)c1nc(-c2ccc(F)c(Cl)c2)[nH]c1C(C)C. The fourth-order valence-electron chi connectivity index (χ4n) is 1.84. The number of halogens is 2. The maximum Gasteiger partial charge on any atom is 0.358 e. The van der Waals surface area contributed by atoms with Crippen LogP contribution in [0.3, 0.4) is 0 Å². The lowest BCUT2D eigenvalue weighted by Gasteiger charge is -2.03. The number of H-pyrrole nitrogens is 1. The van der Waals surface area contributed by atoms with Gasteiger partial charge in [0.25, 0.3) is 0 Å². The third-order valence-corrected chi connectivity index (χ3v) is 3.17. The van der Waals surface area contributed by atoms with Gasteiger partial charge in [-0.1, -0.05) is 25.4 Å². The van der Waals surface area contributed by atoms with Gasteiger partial charge in [0.2, 0.25) is 0 Å². The number of imidazole rings is 1. The van der Waals surface area contributed by atoms with Gasteiger partial charge in [-0.25, -0.2) is 14.2 Å². The smallest absolute Gasteiger partial charge is 0.358 e. The normalized spacial score (nSPS) is 10.9. The molecule has 4 nitrogen and oxygen atoms in total. The minimum atomic E-state index is -0.510. The molecule has 0 saturated heterocycles. The highest BCUT2D eigenvalue weighted by Crippen LogP contribution is 2.26. The van der Waals surface area contributed by atoms with Gasteiger partial charge in [0.05, 0.1) is 17.8 Å². The molecular weight excluding hydrogens is 283 g/mol. The van der Waals surface area contributed by atoms with E-state index in [-0.39, 0.29) is 16.6 Å². The monoisotopic (exact) mass is 296 g/mol. The van der Waals surface area contributed by atoms with Crippen LogP contribution in [0.25, 0.3) is 11.4 Å². The second-order valence-corrected chi connectivity index (χ2v) is 5.03. The number of methoxy groups -OCH3 is 1. The second kappa shape index (κ2) is 5.63. The van der Waals surface area contributed by atoms with Crippen molar-refractivity contribution in [2.45, 2.75) is 19.8 Å². The molecule has 6 heteroatoms. The summed E-state index contributed by atoms with van der Waals surface area (Å²) < 4.78 is 17.9. The molecule has 2 aromatic rings. The molecule has 0 bridgehead atoms. The van der Waals surface area contributed by atoms with E-state index < -0.39 is 11.8 Å². The van der Waals surface area contributed by atoms with Crippen molar-refractivity contribution >= 4 is 17.6 Å². The Morgan fingerprint density at radius 1 is 1.45 bits per heavy atom. The third kappa shape index (κ3) is 2.67. The highest BCUT2D eigenvalue weighted by Gasteiger charge is 2.21. The van der Waals surface area contributed by atoms with Crippen molar-refractivity contribution in [1.82, 2.24) is 9.97 Å². The van der Waals surface area contributed by atoms with Gasteiger partial charge < -0.3 is 9.72 Å². The van der Waals surface area contributed by atoms with E-state index in [1.54, 1.807) is 6.07 Å². The van der Waals surface area contributed by atoms with E-state index in [1.165, 1.54) is 19.2 Å². The Kier molecular flexibility index (Phi) is 4.09. The molecule has 1 aromatic carbocycles. The predicted molar refractivity (Wildman–Crippen MR) is 74.4 cm³/mol. The number of rotatable bonds is 3. The largest absolute Gasteiger partial charge is 0.464 e. The van der Waals surface area contributed by atoms with Gasteiger partial charge in [-0.15, -0.1) is 0 Å².